The average molecular weight is 415 g/mol. The van der Waals surface area contributed by atoms with Gasteiger partial charge in [0.15, 0.2) is 6.61 Å². The van der Waals surface area contributed by atoms with Crippen LogP contribution in [-0.4, -0.2) is 30.9 Å². The number of ether oxygens (including phenoxy) is 1. The molecule has 2 atom stereocenters. The van der Waals surface area contributed by atoms with E-state index >= 15 is 0 Å². The molecule has 0 saturated carbocycles. The van der Waals surface area contributed by atoms with Crippen molar-refractivity contribution in [2.24, 2.45) is 5.92 Å². The van der Waals surface area contributed by atoms with Gasteiger partial charge >= 0.3 is 5.97 Å². The van der Waals surface area contributed by atoms with Gasteiger partial charge in [0.2, 0.25) is 5.91 Å². The van der Waals surface area contributed by atoms with Crippen molar-refractivity contribution in [3.63, 3.8) is 0 Å². The largest absolute Gasteiger partial charge is 0.455 e. The molecule has 0 aromatic heterocycles. The lowest BCUT2D eigenvalue weighted by Crippen LogP contribution is -2.33. The van der Waals surface area contributed by atoms with Gasteiger partial charge in [0.1, 0.15) is 0 Å². The van der Waals surface area contributed by atoms with Crippen LogP contribution < -0.4 is 10.2 Å². The quantitative estimate of drug-likeness (QED) is 0.735. The first kappa shape index (κ1) is 20.9. The molecular formula is C22H23ClN2O4. The summed E-state index contributed by atoms with van der Waals surface area (Å²) in [5, 5.41) is 3.35. The third-order valence-corrected chi connectivity index (χ3v) is 5.42. The van der Waals surface area contributed by atoms with Gasteiger partial charge < -0.3 is 15.0 Å². The molecular weight excluding hydrogens is 392 g/mol. The smallest absolute Gasteiger partial charge is 0.311 e. The number of rotatable bonds is 6. The number of halogens is 1. The van der Waals surface area contributed by atoms with E-state index in [0.29, 0.717) is 10.7 Å². The number of nitrogens with one attached hydrogen (secondary N) is 1. The molecule has 0 bridgehead atoms. The highest BCUT2D eigenvalue weighted by atomic mass is 35.5. The summed E-state index contributed by atoms with van der Waals surface area (Å²) in [6, 6.07) is 14.6. The SMILES string of the molecule is Cc1c(Cl)cccc1N1C[C@H](C(=O)OCC(=O)N[C@H](C)c2ccccc2)CC1=O. The van der Waals surface area contributed by atoms with E-state index < -0.39 is 11.9 Å². The highest BCUT2D eigenvalue weighted by Crippen LogP contribution is 2.31. The Kier molecular flexibility index (Phi) is 6.54. The van der Waals surface area contributed by atoms with E-state index in [2.05, 4.69) is 5.32 Å². The summed E-state index contributed by atoms with van der Waals surface area (Å²) >= 11 is 6.14. The summed E-state index contributed by atoms with van der Waals surface area (Å²) < 4.78 is 5.16. The first-order chi connectivity index (χ1) is 13.9. The number of carbonyl (C=O) groups is 3. The summed E-state index contributed by atoms with van der Waals surface area (Å²) in [5.41, 5.74) is 2.43. The Hall–Kier alpha value is -2.86. The van der Waals surface area contributed by atoms with Crippen molar-refractivity contribution < 1.29 is 19.1 Å². The van der Waals surface area contributed by atoms with Crippen LogP contribution in [0.25, 0.3) is 0 Å². The molecule has 2 aromatic rings. The first-order valence-corrected chi connectivity index (χ1v) is 9.81. The Morgan fingerprint density at radius 1 is 1.21 bits per heavy atom. The third kappa shape index (κ3) is 4.95. The average Bonchev–Trinajstić information content (AvgIpc) is 3.10. The molecule has 29 heavy (non-hydrogen) atoms. The maximum absolute atomic E-state index is 12.4. The first-order valence-electron chi connectivity index (χ1n) is 9.43. The second-order valence-electron chi connectivity index (χ2n) is 7.10. The standard InChI is InChI=1S/C22H23ClN2O4/c1-14-18(23)9-6-10-19(14)25-12-17(11-21(25)27)22(28)29-13-20(26)24-15(2)16-7-4-3-5-8-16/h3-10,15,17H,11-13H2,1-2H3,(H,24,26)/t15-,17-/m1/s1. The minimum atomic E-state index is -0.611. The molecule has 0 unspecified atom stereocenters. The minimum Gasteiger partial charge on any atom is -0.455 e. The zero-order chi connectivity index (χ0) is 21.0. The Morgan fingerprint density at radius 2 is 1.93 bits per heavy atom. The molecule has 6 nitrogen and oxygen atoms in total. The topological polar surface area (TPSA) is 75.7 Å². The normalized spacial score (nSPS) is 17.1. The Balaban J connectivity index is 1.53. The molecule has 0 aliphatic carbocycles. The summed E-state index contributed by atoms with van der Waals surface area (Å²) in [5.74, 6) is -1.72. The minimum absolute atomic E-state index is 0.0484. The number of anilines is 1. The molecule has 0 spiro atoms. The monoisotopic (exact) mass is 414 g/mol. The molecule has 1 saturated heterocycles. The second kappa shape index (κ2) is 9.09. The van der Waals surface area contributed by atoms with Crippen LogP contribution in [0.5, 0.6) is 0 Å². The number of nitrogens with zero attached hydrogens (tertiary/aromatic N) is 1. The van der Waals surface area contributed by atoms with Crippen LogP contribution in [0.4, 0.5) is 5.69 Å². The molecule has 1 aliphatic heterocycles. The molecule has 2 amide bonds. The van der Waals surface area contributed by atoms with Crippen molar-refractivity contribution in [3.05, 3.63) is 64.7 Å². The fraction of sp³-hybridized carbons (Fsp3) is 0.318. The van der Waals surface area contributed by atoms with Gasteiger partial charge in [-0.05, 0) is 37.1 Å². The molecule has 7 heteroatoms. The van der Waals surface area contributed by atoms with Gasteiger partial charge in [0, 0.05) is 23.7 Å². The Bertz CT molecular complexity index is 916. The van der Waals surface area contributed by atoms with Crippen molar-refractivity contribution in [2.75, 3.05) is 18.1 Å². The summed E-state index contributed by atoms with van der Waals surface area (Å²) in [6.07, 6.45) is 0.0484. The Labute approximate surface area is 174 Å². The van der Waals surface area contributed by atoms with Crippen LogP contribution in [0.3, 0.4) is 0 Å². The lowest BCUT2D eigenvalue weighted by molar-refractivity contribution is -0.152. The van der Waals surface area contributed by atoms with Gasteiger partial charge in [0.25, 0.3) is 5.91 Å². The van der Waals surface area contributed by atoms with Crippen molar-refractivity contribution in [3.8, 4) is 0 Å². The van der Waals surface area contributed by atoms with Gasteiger partial charge in [-0.3, -0.25) is 14.4 Å². The fourth-order valence-corrected chi connectivity index (χ4v) is 3.52. The van der Waals surface area contributed by atoms with E-state index in [1.54, 1.807) is 23.1 Å². The van der Waals surface area contributed by atoms with Crippen molar-refractivity contribution in [1.29, 1.82) is 0 Å². The van der Waals surface area contributed by atoms with Crippen LogP contribution >= 0.6 is 11.6 Å². The number of esters is 1. The molecule has 2 aromatic carbocycles. The number of carbonyl (C=O) groups excluding carboxylic acids is 3. The number of benzene rings is 2. The molecule has 1 aliphatic rings. The third-order valence-electron chi connectivity index (χ3n) is 5.01. The maximum atomic E-state index is 12.4. The van der Waals surface area contributed by atoms with E-state index in [9.17, 15) is 14.4 Å². The molecule has 1 heterocycles. The zero-order valence-corrected chi connectivity index (χ0v) is 17.1. The highest BCUT2D eigenvalue weighted by molar-refractivity contribution is 6.31. The zero-order valence-electron chi connectivity index (χ0n) is 16.4. The highest BCUT2D eigenvalue weighted by Gasteiger charge is 2.37. The van der Waals surface area contributed by atoms with Gasteiger partial charge in [-0.25, -0.2) is 0 Å². The molecule has 3 rings (SSSR count). The number of hydrogen-bond acceptors (Lipinski definition) is 4. The van der Waals surface area contributed by atoms with E-state index in [1.807, 2.05) is 44.2 Å². The van der Waals surface area contributed by atoms with Crippen LogP contribution in [0.1, 0.15) is 30.5 Å². The van der Waals surface area contributed by atoms with E-state index in [0.717, 1.165) is 11.1 Å². The van der Waals surface area contributed by atoms with Crippen molar-refractivity contribution in [2.45, 2.75) is 26.3 Å². The molecule has 152 valence electrons. The van der Waals surface area contributed by atoms with Crippen molar-refractivity contribution >= 4 is 35.1 Å². The van der Waals surface area contributed by atoms with Gasteiger partial charge in [-0.2, -0.15) is 0 Å². The van der Waals surface area contributed by atoms with Crippen LogP contribution in [0.2, 0.25) is 5.02 Å². The van der Waals surface area contributed by atoms with Gasteiger partial charge in [-0.1, -0.05) is 48.0 Å². The van der Waals surface area contributed by atoms with Crippen LogP contribution in [0, 0.1) is 12.8 Å². The lowest BCUT2D eigenvalue weighted by Gasteiger charge is -2.19. The van der Waals surface area contributed by atoms with Crippen LogP contribution in [0.15, 0.2) is 48.5 Å². The summed E-state index contributed by atoms with van der Waals surface area (Å²) in [7, 11) is 0. The number of hydrogen-bond donors (Lipinski definition) is 1. The predicted molar refractivity (Wildman–Crippen MR) is 111 cm³/mol. The van der Waals surface area contributed by atoms with Gasteiger partial charge in [-0.15, -0.1) is 0 Å². The van der Waals surface area contributed by atoms with E-state index in [4.69, 9.17) is 16.3 Å². The molecule has 1 N–H and O–H groups in total. The van der Waals surface area contributed by atoms with E-state index in [1.165, 1.54) is 0 Å². The predicted octanol–water partition coefficient (Wildman–Crippen LogP) is 3.42. The molecule has 0 radical (unpaired) electrons. The fourth-order valence-electron chi connectivity index (χ4n) is 3.35. The van der Waals surface area contributed by atoms with Crippen LogP contribution in [-0.2, 0) is 19.1 Å². The molecule has 1 fully saturated rings. The van der Waals surface area contributed by atoms with E-state index in [-0.39, 0.29) is 37.4 Å². The Morgan fingerprint density at radius 3 is 2.66 bits per heavy atom. The lowest BCUT2D eigenvalue weighted by atomic mass is 10.1. The van der Waals surface area contributed by atoms with Crippen molar-refractivity contribution in [1.82, 2.24) is 5.32 Å². The number of amides is 2. The second-order valence-corrected chi connectivity index (χ2v) is 7.50. The maximum Gasteiger partial charge on any atom is 0.311 e. The van der Waals surface area contributed by atoms with Gasteiger partial charge in [0.05, 0.1) is 12.0 Å². The summed E-state index contributed by atoms with van der Waals surface area (Å²) in [4.78, 5) is 38.4. The summed E-state index contributed by atoms with van der Waals surface area (Å²) in [6.45, 7) is 3.52.